The molecule has 0 fully saturated rings. The third-order valence-corrected chi connectivity index (χ3v) is 1.72. The van der Waals surface area contributed by atoms with E-state index in [0.29, 0.717) is 5.78 Å². The van der Waals surface area contributed by atoms with Crippen molar-refractivity contribution < 1.29 is 0 Å². The molecule has 2 rings (SSSR count). The Kier molecular flexibility index (Phi) is 1.51. The molecule has 0 unspecified atom stereocenters. The highest BCUT2D eigenvalue weighted by Crippen LogP contribution is 1.97. The Hall–Kier alpha value is -1.91. The lowest BCUT2D eigenvalue weighted by molar-refractivity contribution is 0.985. The van der Waals surface area contributed by atoms with Crippen LogP contribution in [0.1, 0.15) is 5.56 Å². The number of aromatic nitrogens is 3. The van der Waals surface area contributed by atoms with Crippen molar-refractivity contribution in [2.75, 3.05) is 5.73 Å². The van der Waals surface area contributed by atoms with Crippen molar-refractivity contribution in [2.45, 2.75) is 6.92 Å². The number of nitrogen functional groups attached to an aromatic ring is 1. The smallest absolute Gasteiger partial charge is 0.282 e. The minimum Gasteiger partial charge on any atom is -0.393 e. The van der Waals surface area contributed by atoms with E-state index in [2.05, 4.69) is 9.97 Å². The Balaban J connectivity index is 2.97. The van der Waals surface area contributed by atoms with E-state index in [1.807, 2.05) is 6.92 Å². The molecule has 5 heteroatoms. The van der Waals surface area contributed by atoms with Gasteiger partial charge >= 0.3 is 0 Å². The number of hydrogen-bond acceptors (Lipinski definition) is 4. The second-order valence-electron chi connectivity index (χ2n) is 2.82. The molecule has 5 nitrogen and oxygen atoms in total. The first-order valence-electron chi connectivity index (χ1n) is 3.78. The molecule has 0 amide bonds. The summed E-state index contributed by atoms with van der Waals surface area (Å²) in [6, 6.07) is 0. The van der Waals surface area contributed by atoms with E-state index < -0.39 is 0 Å². The molecule has 0 saturated heterocycles. The first-order valence-corrected chi connectivity index (χ1v) is 3.78. The maximum atomic E-state index is 11.4. The standard InChI is InChI=1S/C8H8N4O/c1-5-2-10-8-11-3-6(9)7(13)12(8)4-5/h2-4H,9H2,1H3. The molecule has 0 aliphatic carbocycles. The van der Waals surface area contributed by atoms with Gasteiger partial charge in [-0.1, -0.05) is 0 Å². The zero-order valence-corrected chi connectivity index (χ0v) is 7.06. The van der Waals surface area contributed by atoms with Crippen LogP contribution in [0.3, 0.4) is 0 Å². The Bertz CT molecular complexity index is 512. The fourth-order valence-electron chi connectivity index (χ4n) is 1.08. The third kappa shape index (κ3) is 1.14. The molecule has 2 N–H and O–H groups in total. The summed E-state index contributed by atoms with van der Waals surface area (Å²) in [6.45, 7) is 1.85. The molecule has 13 heavy (non-hydrogen) atoms. The highest BCUT2D eigenvalue weighted by Gasteiger charge is 2.01. The molecule has 0 aromatic carbocycles. The molecule has 0 aliphatic heterocycles. The van der Waals surface area contributed by atoms with E-state index in [1.165, 1.54) is 10.6 Å². The largest absolute Gasteiger partial charge is 0.393 e. The van der Waals surface area contributed by atoms with Crippen molar-refractivity contribution in [3.8, 4) is 0 Å². The van der Waals surface area contributed by atoms with Gasteiger partial charge < -0.3 is 5.73 Å². The SMILES string of the molecule is Cc1cnc2ncc(N)c(=O)n2c1. The first kappa shape index (κ1) is 7.72. The third-order valence-electron chi connectivity index (χ3n) is 1.72. The maximum Gasteiger partial charge on any atom is 0.282 e. The molecule has 0 saturated carbocycles. The zero-order chi connectivity index (χ0) is 9.42. The molecular weight excluding hydrogens is 168 g/mol. The van der Waals surface area contributed by atoms with Gasteiger partial charge in [0.05, 0.1) is 6.20 Å². The molecule has 66 valence electrons. The van der Waals surface area contributed by atoms with Gasteiger partial charge in [-0.3, -0.25) is 4.79 Å². The van der Waals surface area contributed by atoms with E-state index in [1.54, 1.807) is 12.4 Å². The summed E-state index contributed by atoms with van der Waals surface area (Å²) in [5.74, 6) is 0.366. The Morgan fingerprint density at radius 1 is 1.38 bits per heavy atom. The van der Waals surface area contributed by atoms with Gasteiger partial charge in [-0.25, -0.2) is 14.4 Å². The van der Waals surface area contributed by atoms with Gasteiger partial charge in [0.2, 0.25) is 5.78 Å². The number of nitrogens with two attached hydrogens (primary N) is 1. The highest BCUT2D eigenvalue weighted by molar-refractivity contribution is 5.39. The molecule has 2 heterocycles. The number of anilines is 1. The van der Waals surface area contributed by atoms with Crippen molar-refractivity contribution in [1.29, 1.82) is 0 Å². The second-order valence-corrected chi connectivity index (χ2v) is 2.82. The van der Waals surface area contributed by atoms with Crippen LogP contribution < -0.4 is 11.3 Å². The predicted octanol–water partition coefficient (Wildman–Crippen LogP) is -0.0199. The lowest BCUT2D eigenvalue weighted by Crippen LogP contribution is -2.19. The minimum atomic E-state index is -0.277. The van der Waals surface area contributed by atoms with Crippen LogP contribution in [0.2, 0.25) is 0 Å². The molecule has 2 aromatic rings. The summed E-state index contributed by atoms with van der Waals surface area (Å²) in [7, 11) is 0. The summed E-state index contributed by atoms with van der Waals surface area (Å²) in [6.07, 6.45) is 4.63. The monoisotopic (exact) mass is 176 g/mol. The quantitative estimate of drug-likeness (QED) is 0.612. The van der Waals surface area contributed by atoms with Crippen LogP contribution in [0.15, 0.2) is 23.4 Å². The molecule has 0 radical (unpaired) electrons. The van der Waals surface area contributed by atoms with E-state index in [4.69, 9.17) is 5.73 Å². The summed E-state index contributed by atoms with van der Waals surface area (Å²) in [4.78, 5) is 19.3. The Labute approximate surface area is 73.9 Å². The van der Waals surface area contributed by atoms with E-state index in [0.717, 1.165) is 5.56 Å². The number of fused-ring (bicyclic) bond motifs is 1. The zero-order valence-electron chi connectivity index (χ0n) is 7.06. The van der Waals surface area contributed by atoms with Crippen molar-refractivity contribution in [2.24, 2.45) is 0 Å². The fourth-order valence-corrected chi connectivity index (χ4v) is 1.08. The van der Waals surface area contributed by atoms with Gasteiger partial charge in [-0.05, 0) is 12.5 Å². The molecular formula is C8H8N4O. The number of hydrogen-bond donors (Lipinski definition) is 1. The topological polar surface area (TPSA) is 73.3 Å². The normalized spacial score (nSPS) is 10.5. The van der Waals surface area contributed by atoms with Gasteiger partial charge in [0, 0.05) is 12.4 Å². The first-order chi connectivity index (χ1) is 6.18. The lowest BCUT2D eigenvalue weighted by atomic mass is 10.4. The van der Waals surface area contributed by atoms with Gasteiger partial charge in [-0.2, -0.15) is 0 Å². The number of aryl methyl sites for hydroxylation is 1. The van der Waals surface area contributed by atoms with Gasteiger partial charge in [0.1, 0.15) is 5.69 Å². The van der Waals surface area contributed by atoms with E-state index in [9.17, 15) is 4.79 Å². The summed E-state index contributed by atoms with van der Waals surface area (Å²) >= 11 is 0. The van der Waals surface area contributed by atoms with Crippen LogP contribution in [0, 0.1) is 6.92 Å². The van der Waals surface area contributed by atoms with Gasteiger partial charge in [0.15, 0.2) is 0 Å². The Morgan fingerprint density at radius 3 is 2.85 bits per heavy atom. The molecule has 0 bridgehead atoms. The van der Waals surface area contributed by atoms with Crippen molar-refractivity contribution in [3.63, 3.8) is 0 Å². The predicted molar refractivity (Wildman–Crippen MR) is 48.4 cm³/mol. The second kappa shape index (κ2) is 2.55. The summed E-state index contributed by atoms with van der Waals surface area (Å²) in [5.41, 5.74) is 6.16. The maximum absolute atomic E-state index is 11.4. The van der Waals surface area contributed by atoms with E-state index in [-0.39, 0.29) is 11.2 Å². The number of nitrogens with zero attached hydrogens (tertiary/aromatic N) is 3. The van der Waals surface area contributed by atoms with Gasteiger partial charge in [-0.15, -0.1) is 0 Å². The molecule has 2 aromatic heterocycles. The van der Waals surface area contributed by atoms with Crippen LogP contribution >= 0.6 is 0 Å². The van der Waals surface area contributed by atoms with Gasteiger partial charge in [0.25, 0.3) is 5.56 Å². The van der Waals surface area contributed by atoms with Crippen LogP contribution in [-0.4, -0.2) is 14.4 Å². The number of rotatable bonds is 0. The van der Waals surface area contributed by atoms with Crippen molar-refractivity contribution in [3.05, 3.63) is 34.5 Å². The fraction of sp³-hybridized carbons (Fsp3) is 0.125. The van der Waals surface area contributed by atoms with Crippen molar-refractivity contribution in [1.82, 2.24) is 14.4 Å². The average molecular weight is 176 g/mol. The van der Waals surface area contributed by atoms with Crippen LogP contribution in [0.25, 0.3) is 5.78 Å². The van der Waals surface area contributed by atoms with Crippen LogP contribution in [0.5, 0.6) is 0 Å². The van der Waals surface area contributed by atoms with Crippen LogP contribution in [-0.2, 0) is 0 Å². The Morgan fingerprint density at radius 2 is 2.08 bits per heavy atom. The molecule has 0 atom stereocenters. The van der Waals surface area contributed by atoms with Crippen LogP contribution in [0.4, 0.5) is 5.69 Å². The van der Waals surface area contributed by atoms with E-state index >= 15 is 0 Å². The van der Waals surface area contributed by atoms with Crippen molar-refractivity contribution >= 4 is 11.5 Å². The average Bonchev–Trinajstić information content (AvgIpc) is 2.12. The highest BCUT2D eigenvalue weighted by atomic mass is 16.1. The molecule has 0 spiro atoms. The lowest BCUT2D eigenvalue weighted by Gasteiger charge is -2.00. The molecule has 0 aliphatic rings. The minimum absolute atomic E-state index is 0.130. The summed E-state index contributed by atoms with van der Waals surface area (Å²) in [5, 5.41) is 0. The summed E-state index contributed by atoms with van der Waals surface area (Å²) < 4.78 is 1.34.